The number of carbonyl (C=O) groups is 5. The fourth-order valence-corrected chi connectivity index (χ4v) is 9.65. The number of thiazole rings is 1. The summed E-state index contributed by atoms with van der Waals surface area (Å²) in [5, 5.41) is 18.1. The van der Waals surface area contributed by atoms with E-state index in [9.17, 15) is 24.0 Å². The number of fused-ring (bicyclic) bond motifs is 1. The van der Waals surface area contributed by atoms with Gasteiger partial charge in [0.05, 0.1) is 48.2 Å². The Morgan fingerprint density at radius 2 is 1.74 bits per heavy atom. The number of H-pyrrole nitrogens is 1. The van der Waals surface area contributed by atoms with Crippen molar-refractivity contribution >= 4 is 57.9 Å². The Bertz CT molecular complexity index is 2860. The van der Waals surface area contributed by atoms with Crippen molar-refractivity contribution in [3.63, 3.8) is 0 Å². The van der Waals surface area contributed by atoms with Gasteiger partial charge in [0.1, 0.15) is 28.3 Å². The summed E-state index contributed by atoms with van der Waals surface area (Å²) < 4.78 is 23.6. The number of imidazole rings is 1. The Morgan fingerprint density at radius 1 is 0.928 bits per heavy atom. The van der Waals surface area contributed by atoms with Crippen molar-refractivity contribution in [2.24, 2.45) is 0 Å². The molecule has 0 spiro atoms. The van der Waals surface area contributed by atoms with Crippen molar-refractivity contribution in [1.29, 1.82) is 0 Å². The molecule has 6 heterocycles. The fraction of sp³-hybridized carbons (Fsp3) is 0.408. The molecule has 1 aliphatic carbocycles. The number of rotatable bonds is 18. The van der Waals surface area contributed by atoms with Gasteiger partial charge in [-0.25, -0.2) is 19.3 Å². The molecule has 2 aliphatic heterocycles. The number of benzene rings is 2. The van der Waals surface area contributed by atoms with Crippen molar-refractivity contribution in [2.75, 3.05) is 51.7 Å². The summed E-state index contributed by atoms with van der Waals surface area (Å²) in [4.78, 5) is 85.0. The van der Waals surface area contributed by atoms with Crippen LogP contribution >= 0.6 is 11.3 Å². The number of piperazine rings is 1. The molecular formula is C49H55FN12O6S. The van der Waals surface area contributed by atoms with Crippen LogP contribution in [-0.2, 0) is 14.4 Å². The highest BCUT2D eigenvalue weighted by Gasteiger charge is 2.36. The summed E-state index contributed by atoms with van der Waals surface area (Å²) in [6.07, 6.45) is 12.3. The molecule has 3 atom stereocenters. The number of hydrogen-bond donors (Lipinski definition) is 4. The van der Waals surface area contributed by atoms with E-state index in [1.54, 1.807) is 96.0 Å². The van der Waals surface area contributed by atoms with Crippen LogP contribution in [0.25, 0.3) is 16.9 Å². The number of nitrogens with one attached hydrogen (secondary N) is 4. The molecule has 20 heteroatoms. The van der Waals surface area contributed by atoms with Gasteiger partial charge in [0.25, 0.3) is 5.91 Å². The Balaban J connectivity index is 0.712. The van der Waals surface area contributed by atoms with E-state index in [1.807, 2.05) is 10.6 Å². The molecule has 0 radical (unpaired) electrons. The van der Waals surface area contributed by atoms with E-state index in [-0.39, 0.29) is 52.4 Å². The average molecular weight is 959 g/mol. The lowest BCUT2D eigenvalue weighted by Crippen LogP contribution is -2.51. The van der Waals surface area contributed by atoms with Gasteiger partial charge in [-0.1, -0.05) is 12.1 Å². The molecule has 3 aliphatic rings. The Labute approximate surface area is 402 Å². The number of amides is 4. The second-order valence-electron chi connectivity index (χ2n) is 17.8. The number of carbonyl (C=O) groups excluding carboxylic acids is 5. The predicted molar refractivity (Wildman–Crippen MR) is 256 cm³/mol. The maximum atomic E-state index is 15.7. The predicted octanol–water partition coefficient (Wildman–Crippen LogP) is 5.88. The number of likely N-dealkylation sites (tertiary alicyclic amines) is 1. The number of nitrogens with zero attached hydrogens (tertiary/aromatic N) is 8. The van der Waals surface area contributed by atoms with Crippen LogP contribution in [0, 0.1) is 5.82 Å². The highest BCUT2D eigenvalue weighted by molar-refractivity contribution is 7.10. The van der Waals surface area contributed by atoms with E-state index in [0.29, 0.717) is 98.7 Å². The second kappa shape index (κ2) is 20.7. The first-order chi connectivity index (χ1) is 33.4. The van der Waals surface area contributed by atoms with Crippen LogP contribution in [0.3, 0.4) is 0 Å². The standard InChI is InChI=1S/C49H55FN12O6S/c1-29(51-3)46(65)55-30(2)48(66)61-16-7-10-40(61)47-58-39(28-69-47)43(64)32-8-6-9-35(22-32)68-21-5-4-11-42(63)59-17-19-60(20-18-59)49(67)33-14-15-37(36(50)23-33)56-44-45-52-26-41(34-24-53-54-25-34)62(45)27-38(57-44)31-12-13-31/h6,8-9,14-15,22-31,40,51H,4-5,7,10-13,16-21H2,1-3H3,(H,53,54)(H,55,65)(H,56,57)/t29-,30-,40-/m0/s1. The maximum absolute atomic E-state index is 15.7. The molecule has 69 heavy (non-hydrogen) atoms. The second-order valence-corrected chi connectivity index (χ2v) is 18.7. The third-order valence-corrected chi connectivity index (χ3v) is 13.9. The Morgan fingerprint density at radius 3 is 2.49 bits per heavy atom. The number of halogens is 1. The molecule has 1 saturated carbocycles. The Kier molecular flexibility index (Phi) is 14.1. The number of aromatic amines is 1. The van der Waals surface area contributed by atoms with Crippen LogP contribution in [-0.4, -0.2) is 132 Å². The van der Waals surface area contributed by atoms with E-state index in [0.717, 1.165) is 36.2 Å². The lowest BCUT2D eigenvalue weighted by Gasteiger charge is -2.35. The minimum absolute atomic E-state index is 0.00726. The molecule has 2 aromatic carbocycles. The van der Waals surface area contributed by atoms with Crippen LogP contribution in [0.1, 0.15) is 108 Å². The minimum atomic E-state index is -0.700. The molecule has 4 aromatic heterocycles. The number of ether oxygens (including phenoxy) is 1. The molecule has 18 nitrogen and oxygen atoms in total. The zero-order valence-electron chi connectivity index (χ0n) is 38.7. The quantitative estimate of drug-likeness (QED) is 0.0588. The summed E-state index contributed by atoms with van der Waals surface area (Å²) in [6.45, 7) is 5.71. The van der Waals surface area contributed by atoms with Crippen molar-refractivity contribution in [2.45, 2.75) is 82.8 Å². The third-order valence-electron chi connectivity index (χ3n) is 13.0. The maximum Gasteiger partial charge on any atom is 0.254 e. The lowest BCUT2D eigenvalue weighted by atomic mass is 10.1. The molecular weight excluding hydrogens is 904 g/mol. The monoisotopic (exact) mass is 958 g/mol. The van der Waals surface area contributed by atoms with E-state index < -0.39 is 17.9 Å². The SMILES string of the molecule is CN[C@@H](C)C(=O)N[C@@H](C)C(=O)N1CCC[C@H]1c1nc(C(=O)c2cccc(OCCCCC(=O)N3CCN(C(=O)c4ccc(Nc5nc(C6CC6)cn6c(-c7cn[nH]c7)cnc56)c(F)c4)CC3)c2)cs1. The first-order valence-electron chi connectivity index (χ1n) is 23.5. The van der Waals surface area contributed by atoms with Crippen molar-refractivity contribution in [1.82, 2.24) is 54.9 Å². The van der Waals surface area contributed by atoms with Crippen molar-refractivity contribution < 1.29 is 33.1 Å². The smallest absolute Gasteiger partial charge is 0.254 e. The van der Waals surface area contributed by atoms with Crippen molar-refractivity contribution in [3.8, 4) is 17.0 Å². The van der Waals surface area contributed by atoms with Crippen LogP contribution in [0.15, 0.2) is 72.6 Å². The molecule has 3 fully saturated rings. The number of unbranched alkanes of at least 4 members (excludes halogenated alkanes) is 1. The third kappa shape index (κ3) is 10.5. The summed E-state index contributed by atoms with van der Waals surface area (Å²) in [5.74, 6) is -0.331. The fourth-order valence-electron chi connectivity index (χ4n) is 8.70. The number of anilines is 2. The topological polar surface area (TPSA) is 212 Å². The van der Waals surface area contributed by atoms with E-state index >= 15 is 4.39 Å². The number of ketones is 1. The first kappa shape index (κ1) is 47.0. The van der Waals surface area contributed by atoms with Crippen molar-refractivity contribution in [3.05, 3.63) is 106 Å². The zero-order valence-corrected chi connectivity index (χ0v) is 39.6. The van der Waals surface area contributed by atoms with Gasteiger partial charge in [0, 0.05) is 79.5 Å². The number of hydrogen-bond acceptors (Lipinski definition) is 13. The molecule has 360 valence electrons. The molecule has 9 rings (SSSR count). The van der Waals surface area contributed by atoms with Gasteiger partial charge in [-0.2, -0.15) is 5.10 Å². The minimum Gasteiger partial charge on any atom is -0.494 e. The average Bonchev–Trinajstić information content (AvgIpc) is 3.81. The highest BCUT2D eigenvalue weighted by Crippen LogP contribution is 2.41. The van der Waals surface area contributed by atoms with Gasteiger partial charge in [-0.15, -0.1) is 11.3 Å². The summed E-state index contributed by atoms with van der Waals surface area (Å²) in [7, 11) is 1.68. The summed E-state index contributed by atoms with van der Waals surface area (Å²) in [6, 6.07) is 9.88. The molecule has 6 aromatic rings. The highest BCUT2D eigenvalue weighted by atomic mass is 32.1. The van der Waals surface area contributed by atoms with E-state index in [2.05, 4.69) is 36.1 Å². The Hall–Kier alpha value is -7.06. The van der Waals surface area contributed by atoms with Gasteiger partial charge >= 0.3 is 0 Å². The van der Waals surface area contributed by atoms with Gasteiger partial charge in [-0.05, 0) is 89.8 Å². The van der Waals surface area contributed by atoms with Crippen LogP contribution in [0.5, 0.6) is 5.75 Å². The normalized spacial score (nSPS) is 16.9. The van der Waals surface area contributed by atoms with Crippen LogP contribution < -0.4 is 20.7 Å². The molecule has 4 amide bonds. The number of aromatic nitrogens is 6. The summed E-state index contributed by atoms with van der Waals surface area (Å²) >= 11 is 1.34. The largest absolute Gasteiger partial charge is 0.494 e. The molecule has 4 N–H and O–H groups in total. The molecule has 0 unspecified atom stereocenters. The van der Waals surface area contributed by atoms with Gasteiger partial charge in [0.2, 0.25) is 23.5 Å². The van der Waals surface area contributed by atoms with Crippen LogP contribution in [0.2, 0.25) is 0 Å². The molecule has 2 saturated heterocycles. The van der Waals surface area contributed by atoms with Gasteiger partial charge in [-0.3, -0.25) is 33.5 Å². The van der Waals surface area contributed by atoms with Gasteiger partial charge in [0.15, 0.2) is 11.5 Å². The van der Waals surface area contributed by atoms with E-state index in [4.69, 9.17) is 9.72 Å². The van der Waals surface area contributed by atoms with Crippen LogP contribution in [0.4, 0.5) is 15.9 Å². The molecule has 0 bridgehead atoms. The summed E-state index contributed by atoms with van der Waals surface area (Å²) in [5.41, 5.74) is 4.23. The first-order valence-corrected chi connectivity index (χ1v) is 24.4. The van der Waals surface area contributed by atoms with E-state index in [1.165, 1.54) is 17.4 Å². The van der Waals surface area contributed by atoms with Gasteiger partial charge < -0.3 is 35.4 Å². The number of likely N-dealkylation sites (N-methyl/N-ethyl adjacent to an activating group) is 1. The zero-order chi connectivity index (χ0) is 48.2. The lowest BCUT2D eigenvalue weighted by molar-refractivity contribution is -0.137.